The van der Waals surface area contributed by atoms with Gasteiger partial charge in [-0.1, -0.05) is 55.1 Å². The van der Waals surface area contributed by atoms with Crippen molar-refractivity contribution in [2.75, 3.05) is 18.6 Å². The first-order valence-corrected chi connectivity index (χ1v) is 9.98. The molecule has 6 nitrogen and oxygen atoms in total. The van der Waals surface area contributed by atoms with Crippen molar-refractivity contribution in [2.45, 2.75) is 19.9 Å². The fourth-order valence-corrected chi connectivity index (χ4v) is 3.53. The number of aryl methyl sites for hydroxylation is 2. The molecule has 0 aliphatic rings. The Balaban J connectivity index is 1.84. The number of anilines is 2. The first-order valence-electron chi connectivity index (χ1n) is 9.98. The van der Waals surface area contributed by atoms with Gasteiger partial charge in [-0.25, -0.2) is 9.97 Å². The molecule has 152 valence electrons. The van der Waals surface area contributed by atoms with E-state index in [2.05, 4.69) is 41.3 Å². The maximum Gasteiger partial charge on any atom is 0.236 e. The van der Waals surface area contributed by atoms with Gasteiger partial charge in [-0.15, -0.1) is 0 Å². The summed E-state index contributed by atoms with van der Waals surface area (Å²) in [5.41, 5.74) is 4.74. The quantitative estimate of drug-likeness (QED) is 0.385. The van der Waals surface area contributed by atoms with Crippen molar-refractivity contribution in [2.24, 2.45) is 0 Å². The summed E-state index contributed by atoms with van der Waals surface area (Å²) in [5, 5.41) is 0. The largest absolute Gasteiger partial charge is 0.385 e. The third-order valence-electron chi connectivity index (χ3n) is 5.01. The van der Waals surface area contributed by atoms with Gasteiger partial charge in [0.2, 0.25) is 5.95 Å². The third kappa shape index (κ3) is 3.82. The van der Waals surface area contributed by atoms with Crippen LogP contribution in [0.4, 0.5) is 11.6 Å². The van der Waals surface area contributed by atoms with Crippen LogP contribution in [-0.2, 0) is 11.3 Å². The average molecular weight is 399 g/mol. The second-order valence-electron chi connectivity index (χ2n) is 7.02. The summed E-state index contributed by atoms with van der Waals surface area (Å²) in [5.74, 6) is 1.45. The number of aromatic nitrogens is 4. The van der Waals surface area contributed by atoms with E-state index in [0.717, 1.165) is 46.8 Å². The predicted octanol–water partition coefficient (Wildman–Crippen LogP) is 5.12. The van der Waals surface area contributed by atoms with E-state index in [1.807, 2.05) is 41.3 Å². The smallest absolute Gasteiger partial charge is 0.236 e. The van der Waals surface area contributed by atoms with Gasteiger partial charge < -0.3 is 9.30 Å². The molecule has 2 aromatic carbocycles. The summed E-state index contributed by atoms with van der Waals surface area (Å²) in [6.07, 6.45) is 4.39. The molecule has 0 aliphatic carbocycles. The van der Waals surface area contributed by atoms with Crippen molar-refractivity contribution in [1.82, 2.24) is 19.5 Å². The normalized spacial score (nSPS) is 11.0. The first kappa shape index (κ1) is 19.8. The highest BCUT2D eigenvalue weighted by molar-refractivity contribution is 5.78. The lowest BCUT2D eigenvalue weighted by atomic mass is 10.2. The van der Waals surface area contributed by atoms with Crippen LogP contribution in [0.1, 0.15) is 12.0 Å². The maximum atomic E-state index is 5.26. The van der Waals surface area contributed by atoms with Crippen molar-refractivity contribution in [3.63, 3.8) is 0 Å². The number of nitrogens with zero attached hydrogens (tertiary/aromatic N) is 5. The van der Waals surface area contributed by atoms with E-state index in [4.69, 9.17) is 14.7 Å². The predicted molar refractivity (Wildman–Crippen MR) is 121 cm³/mol. The van der Waals surface area contributed by atoms with E-state index in [-0.39, 0.29) is 0 Å². The number of fused-ring (bicyclic) bond motifs is 1. The molecule has 0 bridgehead atoms. The zero-order chi connectivity index (χ0) is 20.9. The number of hydrogen-bond donors (Lipinski definition) is 0. The molecule has 0 amide bonds. The van der Waals surface area contributed by atoms with E-state index in [1.54, 1.807) is 19.5 Å². The molecule has 6 heteroatoms. The van der Waals surface area contributed by atoms with Gasteiger partial charge in [0.1, 0.15) is 11.3 Å². The monoisotopic (exact) mass is 399 g/mol. The Morgan fingerprint density at radius 3 is 2.57 bits per heavy atom. The van der Waals surface area contributed by atoms with E-state index < -0.39 is 0 Å². The molecule has 0 fully saturated rings. The van der Waals surface area contributed by atoms with Crippen LogP contribution in [-0.4, -0.2) is 33.2 Å². The lowest BCUT2D eigenvalue weighted by molar-refractivity contribution is 0.191. The lowest BCUT2D eigenvalue weighted by Crippen LogP contribution is -2.13. The van der Waals surface area contributed by atoms with E-state index in [1.165, 1.54) is 0 Å². The van der Waals surface area contributed by atoms with Gasteiger partial charge in [0.15, 0.2) is 5.65 Å². The van der Waals surface area contributed by atoms with Crippen LogP contribution in [0.25, 0.3) is 22.6 Å². The zero-order valence-electron chi connectivity index (χ0n) is 17.3. The summed E-state index contributed by atoms with van der Waals surface area (Å²) in [4.78, 5) is 16.2. The minimum atomic E-state index is 0.569. The number of para-hydroxylation sites is 1. The second kappa shape index (κ2) is 8.88. The molecule has 4 rings (SSSR count). The highest BCUT2D eigenvalue weighted by atomic mass is 16.5. The Labute approximate surface area is 176 Å². The lowest BCUT2D eigenvalue weighted by Gasteiger charge is -2.20. The highest BCUT2D eigenvalue weighted by Crippen LogP contribution is 2.29. The zero-order valence-corrected chi connectivity index (χ0v) is 17.3. The summed E-state index contributed by atoms with van der Waals surface area (Å²) in [6.45, 7) is 7.47. The van der Waals surface area contributed by atoms with Crippen LogP contribution in [0.3, 0.4) is 0 Å². The van der Waals surface area contributed by atoms with E-state index in [9.17, 15) is 0 Å². The molecule has 0 spiro atoms. The molecule has 30 heavy (non-hydrogen) atoms. The van der Waals surface area contributed by atoms with E-state index in [0.29, 0.717) is 12.6 Å². The van der Waals surface area contributed by atoms with Crippen LogP contribution in [0.2, 0.25) is 0 Å². The van der Waals surface area contributed by atoms with Crippen LogP contribution < -0.4 is 4.90 Å². The van der Waals surface area contributed by atoms with Gasteiger partial charge >= 0.3 is 0 Å². The number of rotatable bonds is 8. The van der Waals surface area contributed by atoms with Gasteiger partial charge in [0.05, 0.1) is 11.9 Å². The van der Waals surface area contributed by atoms with Crippen molar-refractivity contribution in [1.29, 1.82) is 0 Å². The second-order valence-corrected chi connectivity index (χ2v) is 7.02. The first-order chi connectivity index (χ1) is 14.7. The fourth-order valence-electron chi connectivity index (χ4n) is 3.53. The highest BCUT2D eigenvalue weighted by Gasteiger charge is 2.17. The molecule has 0 aliphatic heterocycles. The van der Waals surface area contributed by atoms with Gasteiger partial charge in [-0.2, -0.15) is 4.98 Å². The molecule has 0 atom stereocenters. The molecule has 4 aromatic rings. The van der Waals surface area contributed by atoms with Gasteiger partial charge in [-0.05, 0) is 25.0 Å². The SMILES string of the molecule is C=CN(c1ncc2nc(-c3ccccc3)n(CCCOC)c2n1)c1ccccc1C. The van der Waals surface area contributed by atoms with Crippen LogP contribution in [0.15, 0.2) is 73.6 Å². The van der Waals surface area contributed by atoms with Gasteiger partial charge in [0, 0.05) is 32.0 Å². The third-order valence-corrected chi connectivity index (χ3v) is 5.01. The Kier molecular flexibility index (Phi) is 5.86. The van der Waals surface area contributed by atoms with Crippen molar-refractivity contribution >= 4 is 22.8 Å². The Bertz CT molecular complexity index is 1150. The van der Waals surface area contributed by atoms with E-state index >= 15 is 0 Å². The molecule has 0 saturated carbocycles. The van der Waals surface area contributed by atoms with Crippen molar-refractivity contribution in [3.05, 3.63) is 79.1 Å². The van der Waals surface area contributed by atoms with Gasteiger partial charge in [0.25, 0.3) is 0 Å². The summed E-state index contributed by atoms with van der Waals surface area (Å²) in [7, 11) is 1.72. The molecule has 2 aromatic heterocycles. The average Bonchev–Trinajstić information content (AvgIpc) is 3.14. The summed E-state index contributed by atoms with van der Waals surface area (Å²) < 4.78 is 7.41. The van der Waals surface area contributed by atoms with Crippen LogP contribution >= 0.6 is 0 Å². The van der Waals surface area contributed by atoms with Crippen LogP contribution in [0.5, 0.6) is 0 Å². The fraction of sp³-hybridized carbons (Fsp3) is 0.208. The maximum absolute atomic E-state index is 5.26. The Morgan fingerprint density at radius 2 is 1.83 bits per heavy atom. The standard InChI is InChI=1S/C24H25N5O/c1-4-28(21-14-9-8-11-18(21)2)24-25-17-20-23(27-24)29(15-10-16-30-3)22(26-20)19-12-6-5-7-13-19/h4-9,11-14,17H,1,10,15-16H2,2-3H3. The Morgan fingerprint density at radius 1 is 1.07 bits per heavy atom. The minimum absolute atomic E-state index is 0.569. The molecule has 0 N–H and O–H groups in total. The topological polar surface area (TPSA) is 56.1 Å². The summed E-state index contributed by atoms with van der Waals surface area (Å²) in [6, 6.07) is 18.3. The molecule has 0 radical (unpaired) electrons. The van der Waals surface area contributed by atoms with Crippen molar-refractivity contribution < 1.29 is 4.74 Å². The molecule has 0 unspecified atom stereocenters. The number of methoxy groups -OCH3 is 1. The molecular weight excluding hydrogens is 374 g/mol. The Hall–Kier alpha value is -3.51. The van der Waals surface area contributed by atoms with Crippen molar-refractivity contribution in [3.8, 4) is 11.4 Å². The molecular formula is C24H25N5O. The molecule has 0 saturated heterocycles. The number of benzene rings is 2. The van der Waals surface area contributed by atoms with Gasteiger partial charge in [-0.3, -0.25) is 4.90 Å². The number of imidazole rings is 1. The number of hydrogen-bond acceptors (Lipinski definition) is 5. The minimum Gasteiger partial charge on any atom is -0.385 e. The van der Waals surface area contributed by atoms with Crippen LogP contribution in [0, 0.1) is 6.92 Å². The summed E-state index contributed by atoms with van der Waals surface area (Å²) >= 11 is 0. The molecule has 2 heterocycles. The number of ether oxygens (including phenoxy) is 1.